The summed E-state index contributed by atoms with van der Waals surface area (Å²) in [7, 11) is 0. The third-order valence-electron chi connectivity index (χ3n) is 5.68. The van der Waals surface area contributed by atoms with Crippen LogP contribution >= 0.6 is 24.0 Å². The first-order chi connectivity index (χ1) is 14.5. The van der Waals surface area contributed by atoms with Gasteiger partial charge in [0.15, 0.2) is 5.96 Å². The van der Waals surface area contributed by atoms with Gasteiger partial charge in [0.05, 0.1) is 13.2 Å². The summed E-state index contributed by atoms with van der Waals surface area (Å²) in [6, 6.07) is 6.36. The van der Waals surface area contributed by atoms with Crippen LogP contribution in [0.25, 0.3) is 0 Å². The Kier molecular flexibility index (Phi) is 10.9. The van der Waals surface area contributed by atoms with E-state index in [2.05, 4.69) is 47.6 Å². The standard InChI is InChI=1S/C23H37N5O2.HI/c1-4-24-23(25-9-10-27-11-13-28(14-12-27)19(3)29)26-16-21-8-5-18(2)15-22(21)30-17-20-6-7-20;/h5,8,15,20H,4,6-7,9-14,16-17H2,1-3H3,(H2,24,25,26);1H. The van der Waals surface area contributed by atoms with Crippen LogP contribution in [0, 0.1) is 12.8 Å². The zero-order valence-electron chi connectivity index (χ0n) is 19.2. The lowest BCUT2D eigenvalue weighted by molar-refractivity contribution is -0.130. The molecule has 1 aromatic rings. The summed E-state index contributed by atoms with van der Waals surface area (Å²) >= 11 is 0. The Labute approximate surface area is 204 Å². The van der Waals surface area contributed by atoms with Gasteiger partial charge in [-0.3, -0.25) is 9.69 Å². The zero-order valence-corrected chi connectivity index (χ0v) is 21.5. The molecule has 1 aromatic carbocycles. The predicted octanol–water partition coefficient (Wildman–Crippen LogP) is 2.62. The molecule has 0 atom stereocenters. The van der Waals surface area contributed by atoms with Crippen molar-refractivity contribution >= 4 is 35.8 Å². The molecule has 8 heteroatoms. The second-order valence-corrected chi connectivity index (χ2v) is 8.34. The van der Waals surface area contributed by atoms with Crippen molar-refractivity contribution in [3.63, 3.8) is 0 Å². The number of guanidine groups is 1. The van der Waals surface area contributed by atoms with Gasteiger partial charge >= 0.3 is 0 Å². The highest BCUT2D eigenvalue weighted by Gasteiger charge is 2.22. The van der Waals surface area contributed by atoms with Crippen molar-refractivity contribution in [2.45, 2.75) is 40.2 Å². The molecule has 0 spiro atoms. The van der Waals surface area contributed by atoms with Crippen LogP contribution in [0.2, 0.25) is 0 Å². The van der Waals surface area contributed by atoms with E-state index in [-0.39, 0.29) is 29.9 Å². The molecule has 31 heavy (non-hydrogen) atoms. The number of halogens is 1. The number of nitrogens with one attached hydrogen (secondary N) is 2. The molecule has 7 nitrogen and oxygen atoms in total. The second-order valence-electron chi connectivity index (χ2n) is 8.34. The minimum atomic E-state index is 0. The molecule has 0 bridgehead atoms. The maximum absolute atomic E-state index is 11.5. The number of carbonyl (C=O) groups is 1. The zero-order chi connectivity index (χ0) is 21.3. The van der Waals surface area contributed by atoms with Gasteiger partial charge in [-0.1, -0.05) is 12.1 Å². The van der Waals surface area contributed by atoms with Crippen molar-refractivity contribution < 1.29 is 9.53 Å². The van der Waals surface area contributed by atoms with E-state index in [0.29, 0.717) is 6.54 Å². The summed E-state index contributed by atoms with van der Waals surface area (Å²) in [5.41, 5.74) is 2.34. The predicted molar refractivity (Wildman–Crippen MR) is 136 cm³/mol. The Balaban J connectivity index is 0.00000341. The van der Waals surface area contributed by atoms with E-state index >= 15 is 0 Å². The first-order valence-electron chi connectivity index (χ1n) is 11.3. The fourth-order valence-corrected chi connectivity index (χ4v) is 3.54. The van der Waals surface area contributed by atoms with Gasteiger partial charge in [-0.15, -0.1) is 24.0 Å². The molecule has 1 aliphatic heterocycles. The molecule has 1 amide bonds. The third-order valence-corrected chi connectivity index (χ3v) is 5.68. The highest BCUT2D eigenvalue weighted by atomic mass is 127. The van der Waals surface area contributed by atoms with E-state index in [9.17, 15) is 4.79 Å². The van der Waals surface area contributed by atoms with E-state index in [4.69, 9.17) is 9.73 Å². The topological polar surface area (TPSA) is 69.2 Å². The number of amides is 1. The normalized spacial score (nSPS) is 17.1. The molecular formula is C23H38IN5O2. The molecule has 2 N–H and O–H groups in total. The number of rotatable bonds is 9. The third kappa shape index (κ3) is 8.84. The highest BCUT2D eigenvalue weighted by Crippen LogP contribution is 2.30. The van der Waals surface area contributed by atoms with Gasteiger partial charge in [0, 0.05) is 58.3 Å². The van der Waals surface area contributed by atoms with Crippen molar-refractivity contribution in [1.82, 2.24) is 20.4 Å². The molecule has 0 aromatic heterocycles. The monoisotopic (exact) mass is 543 g/mol. The van der Waals surface area contributed by atoms with Crippen LogP contribution in [0.3, 0.4) is 0 Å². The smallest absolute Gasteiger partial charge is 0.219 e. The van der Waals surface area contributed by atoms with Gasteiger partial charge in [0.1, 0.15) is 5.75 Å². The number of nitrogens with zero attached hydrogens (tertiary/aromatic N) is 3. The summed E-state index contributed by atoms with van der Waals surface area (Å²) in [5, 5.41) is 6.77. The van der Waals surface area contributed by atoms with Crippen LogP contribution in [0.4, 0.5) is 0 Å². The molecule has 3 rings (SSSR count). The summed E-state index contributed by atoms with van der Waals surface area (Å²) in [5.74, 6) is 2.70. The Morgan fingerprint density at radius 1 is 1.19 bits per heavy atom. The lowest BCUT2D eigenvalue weighted by atomic mass is 10.1. The minimum Gasteiger partial charge on any atom is -0.493 e. The highest BCUT2D eigenvalue weighted by molar-refractivity contribution is 14.0. The molecule has 0 radical (unpaired) electrons. The molecule has 2 fully saturated rings. The Bertz CT molecular complexity index is 731. The van der Waals surface area contributed by atoms with Crippen LogP contribution in [-0.4, -0.2) is 74.1 Å². The van der Waals surface area contributed by atoms with Crippen LogP contribution < -0.4 is 15.4 Å². The van der Waals surface area contributed by atoms with Crippen LogP contribution in [-0.2, 0) is 11.3 Å². The fourth-order valence-electron chi connectivity index (χ4n) is 3.54. The largest absolute Gasteiger partial charge is 0.493 e. The molecular weight excluding hydrogens is 505 g/mol. The summed E-state index contributed by atoms with van der Waals surface area (Å²) in [6.07, 6.45) is 2.58. The molecule has 1 saturated heterocycles. The van der Waals surface area contributed by atoms with E-state index in [1.165, 1.54) is 18.4 Å². The Hall–Kier alpha value is -1.55. The molecule has 2 aliphatic rings. The molecule has 1 saturated carbocycles. The van der Waals surface area contributed by atoms with Crippen LogP contribution in [0.5, 0.6) is 5.75 Å². The first kappa shape index (κ1) is 25.7. The summed E-state index contributed by atoms with van der Waals surface area (Å²) in [6.45, 7) is 13.3. The van der Waals surface area contributed by atoms with Crippen molar-refractivity contribution in [3.8, 4) is 5.75 Å². The maximum Gasteiger partial charge on any atom is 0.219 e. The first-order valence-corrected chi connectivity index (χ1v) is 11.3. The lowest BCUT2D eigenvalue weighted by Crippen LogP contribution is -2.50. The Morgan fingerprint density at radius 3 is 2.58 bits per heavy atom. The average Bonchev–Trinajstić information content (AvgIpc) is 3.56. The van der Waals surface area contributed by atoms with Crippen molar-refractivity contribution in [2.75, 3.05) is 52.4 Å². The van der Waals surface area contributed by atoms with Crippen molar-refractivity contribution in [1.29, 1.82) is 0 Å². The lowest BCUT2D eigenvalue weighted by Gasteiger charge is -2.34. The van der Waals surface area contributed by atoms with Gasteiger partial charge in [-0.2, -0.15) is 0 Å². The SMILES string of the molecule is CCNC(=NCc1ccc(C)cc1OCC1CC1)NCCN1CCN(C(C)=O)CC1.I. The van der Waals surface area contributed by atoms with Gasteiger partial charge < -0.3 is 20.3 Å². The number of ether oxygens (including phenoxy) is 1. The van der Waals surface area contributed by atoms with E-state index in [1.54, 1.807) is 6.92 Å². The van der Waals surface area contributed by atoms with E-state index < -0.39 is 0 Å². The molecule has 174 valence electrons. The summed E-state index contributed by atoms with van der Waals surface area (Å²) in [4.78, 5) is 20.5. The fraction of sp³-hybridized carbons (Fsp3) is 0.652. The number of benzene rings is 1. The number of carbonyl (C=O) groups excluding carboxylic acids is 1. The number of hydrogen-bond acceptors (Lipinski definition) is 4. The number of hydrogen-bond donors (Lipinski definition) is 2. The molecule has 0 unspecified atom stereocenters. The number of aryl methyl sites for hydroxylation is 1. The average molecular weight is 543 g/mol. The van der Waals surface area contributed by atoms with Gasteiger partial charge in [0.25, 0.3) is 0 Å². The number of aliphatic imine (C=N–C) groups is 1. The number of piperazine rings is 1. The Morgan fingerprint density at radius 2 is 1.94 bits per heavy atom. The van der Waals surface area contributed by atoms with Crippen LogP contribution in [0.15, 0.2) is 23.2 Å². The van der Waals surface area contributed by atoms with E-state index in [0.717, 1.165) is 75.6 Å². The van der Waals surface area contributed by atoms with Gasteiger partial charge in [-0.25, -0.2) is 4.99 Å². The second kappa shape index (κ2) is 13.1. The maximum atomic E-state index is 11.5. The van der Waals surface area contributed by atoms with Crippen LogP contribution in [0.1, 0.15) is 37.8 Å². The van der Waals surface area contributed by atoms with Crippen molar-refractivity contribution in [3.05, 3.63) is 29.3 Å². The van der Waals surface area contributed by atoms with Gasteiger partial charge in [0.2, 0.25) is 5.91 Å². The summed E-state index contributed by atoms with van der Waals surface area (Å²) < 4.78 is 6.08. The minimum absolute atomic E-state index is 0. The van der Waals surface area contributed by atoms with Gasteiger partial charge in [-0.05, 0) is 44.2 Å². The van der Waals surface area contributed by atoms with E-state index in [1.807, 2.05) is 4.90 Å². The molecule has 1 heterocycles. The molecule has 1 aliphatic carbocycles. The quantitative estimate of drug-likeness (QED) is 0.285. The van der Waals surface area contributed by atoms with Crippen molar-refractivity contribution in [2.24, 2.45) is 10.9 Å².